The van der Waals surface area contributed by atoms with Crippen LogP contribution in [0.15, 0.2) is 28.7 Å². The van der Waals surface area contributed by atoms with Gasteiger partial charge >= 0.3 is 0 Å². The summed E-state index contributed by atoms with van der Waals surface area (Å²) in [5, 5.41) is 0. The van der Waals surface area contributed by atoms with Gasteiger partial charge in [-0.3, -0.25) is 14.5 Å². The van der Waals surface area contributed by atoms with Gasteiger partial charge in [-0.1, -0.05) is 12.1 Å². The van der Waals surface area contributed by atoms with Crippen molar-refractivity contribution < 1.29 is 9.59 Å². The first-order valence-electron chi connectivity index (χ1n) is 6.58. The maximum atomic E-state index is 12.4. The van der Waals surface area contributed by atoms with Gasteiger partial charge < -0.3 is 10.6 Å². The van der Waals surface area contributed by atoms with Crippen LogP contribution in [-0.4, -0.2) is 53.8 Å². The predicted molar refractivity (Wildman–Crippen MR) is 80.3 cm³/mol. The van der Waals surface area contributed by atoms with Gasteiger partial charge in [0.1, 0.15) is 0 Å². The van der Waals surface area contributed by atoms with E-state index in [0.717, 1.165) is 4.47 Å². The molecule has 1 atom stereocenters. The van der Waals surface area contributed by atoms with Crippen LogP contribution in [-0.2, 0) is 4.79 Å². The highest BCUT2D eigenvalue weighted by Gasteiger charge is 2.27. The third kappa shape index (κ3) is 3.19. The summed E-state index contributed by atoms with van der Waals surface area (Å²) in [5.74, 6) is -0.306. The normalized spacial score (nSPS) is 17.8. The number of halogens is 1. The summed E-state index contributed by atoms with van der Waals surface area (Å²) in [5.41, 5.74) is 5.98. The summed E-state index contributed by atoms with van der Waals surface area (Å²) >= 11 is 3.40. The lowest BCUT2D eigenvalue weighted by molar-refractivity contribution is -0.123. The molecule has 1 aliphatic rings. The molecule has 5 nitrogen and oxygen atoms in total. The monoisotopic (exact) mass is 339 g/mol. The average Bonchev–Trinajstić information content (AvgIpc) is 2.46. The third-order valence-corrected chi connectivity index (χ3v) is 4.36. The Morgan fingerprint density at radius 3 is 2.35 bits per heavy atom. The van der Waals surface area contributed by atoms with Crippen molar-refractivity contribution in [1.82, 2.24) is 9.80 Å². The first-order chi connectivity index (χ1) is 9.50. The van der Waals surface area contributed by atoms with Gasteiger partial charge in [0, 0.05) is 30.7 Å². The molecule has 0 bridgehead atoms. The molecule has 2 rings (SSSR count). The van der Waals surface area contributed by atoms with Gasteiger partial charge in [-0.25, -0.2) is 0 Å². The van der Waals surface area contributed by atoms with Crippen molar-refractivity contribution in [2.45, 2.75) is 13.0 Å². The molecule has 1 aromatic rings. The van der Waals surface area contributed by atoms with Crippen molar-refractivity contribution in [1.29, 1.82) is 0 Å². The molecule has 0 radical (unpaired) electrons. The van der Waals surface area contributed by atoms with Gasteiger partial charge in [0.25, 0.3) is 5.91 Å². The zero-order valence-electron chi connectivity index (χ0n) is 11.4. The molecule has 1 aromatic carbocycles. The number of benzene rings is 1. The molecule has 2 N–H and O–H groups in total. The number of nitrogens with zero attached hydrogens (tertiary/aromatic N) is 2. The fraction of sp³-hybridized carbons (Fsp3) is 0.429. The van der Waals surface area contributed by atoms with Crippen molar-refractivity contribution in [2.24, 2.45) is 5.73 Å². The van der Waals surface area contributed by atoms with E-state index in [4.69, 9.17) is 5.73 Å². The lowest BCUT2D eigenvalue weighted by Gasteiger charge is -2.37. The molecule has 0 saturated carbocycles. The number of primary amides is 1. The van der Waals surface area contributed by atoms with E-state index in [2.05, 4.69) is 15.9 Å². The van der Waals surface area contributed by atoms with Crippen LogP contribution in [0.4, 0.5) is 0 Å². The van der Waals surface area contributed by atoms with Crippen molar-refractivity contribution in [3.63, 3.8) is 0 Å². The van der Waals surface area contributed by atoms with E-state index in [-0.39, 0.29) is 17.9 Å². The summed E-state index contributed by atoms with van der Waals surface area (Å²) in [6.45, 7) is 4.35. The van der Waals surface area contributed by atoms with E-state index >= 15 is 0 Å². The molecule has 6 heteroatoms. The fourth-order valence-electron chi connectivity index (χ4n) is 2.30. The Labute approximate surface area is 126 Å². The Morgan fingerprint density at radius 1 is 1.20 bits per heavy atom. The molecule has 20 heavy (non-hydrogen) atoms. The van der Waals surface area contributed by atoms with E-state index < -0.39 is 0 Å². The largest absolute Gasteiger partial charge is 0.368 e. The predicted octanol–water partition coefficient (Wildman–Crippen LogP) is 1.08. The van der Waals surface area contributed by atoms with Crippen LogP contribution >= 0.6 is 15.9 Å². The molecule has 1 saturated heterocycles. The number of rotatable bonds is 3. The molecule has 1 fully saturated rings. The van der Waals surface area contributed by atoms with Gasteiger partial charge in [0.2, 0.25) is 5.91 Å². The van der Waals surface area contributed by atoms with Crippen LogP contribution < -0.4 is 5.73 Å². The van der Waals surface area contributed by atoms with Crippen molar-refractivity contribution >= 4 is 27.7 Å². The van der Waals surface area contributed by atoms with Crippen LogP contribution in [0.25, 0.3) is 0 Å². The highest BCUT2D eigenvalue weighted by molar-refractivity contribution is 9.10. The first kappa shape index (κ1) is 15.0. The van der Waals surface area contributed by atoms with Crippen LogP contribution in [0, 0.1) is 0 Å². The van der Waals surface area contributed by atoms with Crippen molar-refractivity contribution in [2.75, 3.05) is 26.2 Å². The Bertz CT molecular complexity index is 513. The Morgan fingerprint density at radius 2 is 1.80 bits per heavy atom. The second-order valence-corrected chi connectivity index (χ2v) is 5.74. The Kier molecular flexibility index (Phi) is 4.77. The summed E-state index contributed by atoms with van der Waals surface area (Å²) < 4.78 is 0.804. The van der Waals surface area contributed by atoms with Gasteiger partial charge in [-0.15, -0.1) is 0 Å². The zero-order valence-corrected chi connectivity index (χ0v) is 13.0. The molecular formula is C14H18BrN3O2. The highest BCUT2D eigenvalue weighted by atomic mass is 79.9. The average molecular weight is 340 g/mol. The molecule has 0 spiro atoms. The highest BCUT2D eigenvalue weighted by Crippen LogP contribution is 2.19. The molecule has 2 amide bonds. The lowest BCUT2D eigenvalue weighted by atomic mass is 10.1. The van der Waals surface area contributed by atoms with Crippen molar-refractivity contribution in [3.8, 4) is 0 Å². The quantitative estimate of drug-likeness (QED) is 0.896. The minimum absolute atomic E-state index is 0.0175. The van der Waals surface area contributed by atoms with Crippen LogP contribution in [0.2, 0.25) is 0 Å². The Balaban J connectivity index is 1.99. The van der Waals surface area contributed by atoms with Crippen LogP contribution in [0.3, 0.4) is 0 Å². The van der Waals surface area contributed by atoms with Gasteiger partial charge in [0.15, 0.2) is 0 Å². The third-order valence-electron chi connectivity index (χ3n) is 3.67. The fourth-order valence-corrected chi connectivity index (χ4v) is 2.75. The standard InChI is InChI=1S/C14H18BrN3O2/c1-10(13(16)19)17-6-8-18(9-7-17)14(20)11-4-2-3-5-12(11)15/h2-5,10H,6-9H2,1H3,(H2,16,19). The first-order valence-corrected chi connectivity index (χ1v) is 7.37. The smallest absolute Gasteiger partial charge is 0.255 e. The number of hydrogen-bond donors (Lipinski definition) is 1. The number of carbonyl (C=O) groups excluding carboxylic acids is 2. The molecule has 1 unspecified atom stereocenters. The van der Waals surface area contributed by atoms with E-state index in [9.17, 15) is 9.59 Å². The van der Waals surface area contributed by atoms with Gasteiger partial charge in [0.05, 0.1) is 11.6 Å². The van der Waals surface area contributed by atoms with E-state index in [1.807, 2.05) is 34.1 Å². The summed E-state index contributed by atoms with van der Waals surface area (Å²) in [7, 11) is 0. The summed E-state index contributed by atoms with van der Waals surface area (Å²) in [4.78, 5) is 27.4. The molecular weight excluding hydrogens is 322 g/mol. The number of piperazine rings is 1. The van der Waals surface area contributed by atoms with Gasteiger partial charge in [-0.05, 0) is 35.0 Å². The topological polar surface area (TPSA) is 66.6 Å². The maximum absolute atomic E-state index is 12.4. The minimum atomic E-state index is -0.324. The number of amides is 2. The molecule has 0 aromatic heterocycles. The van der Waals surface area contributed by atoms with E-state index in [1.165, 1.54) is 0 Å². The summed E-state index contributed by atoms with van der Waals surface area (Å²) in [6, 6.07) is 7.12. The SMILES string of the molecule is CC(C(N)=O)N1CCN(C(=O)c2ccccc2Br)CC1. The molecule has 0 aliphatic carbocycles. The van der Waals surface area contributed by atoms with E-state index in [1.54, 1.807) is 6.92 Å². The summed E-state index contributed by atoms with van der Waals surface area (Å²) in [6.07, 6.45) is 0. The van der Waals surface area contributed by atoms with E-state index in [0.29, 0.717) is 31.7 Å². The zero-order chi connectivity index (χ0) is 14.7. The number of carbonyl (C=O) groups is 2. The second kappa shape index (κ2) is 6.37. The number of hydrogen-bond acceptors (Lipinski definition) is 3. The Hall–Kier alpha value is -1.40. The van der Waals surface area contributed by atoms with Gasteiger partial charge in [-0.2, -0.15) is 0 Å². The lowest BCUT2D eigenvalue weighted by Crippen LogP contribution is -2.54. The van der Waals surface area contributed by atoms with Crippen molar-refractivity contribution in [3.05, 3.63) is 34.3 Å². The minimum Gasteiger partial charge on any atom is -0.368 e. The second-order valence-electron chi connectivity index (χ2n) is 4.89. The van der Waals surface area contributed by atoms with Crippen LogP contribution in [0.1, 0.15) is 17.3 Å². The number of nitrogens with two attached hydrogens (primary N) is 1. The molecule has 108 valence electrons. The van der Waals surface area contributed by atoms with Crippen LogP contribution in [0.5, 0.6) is 0 Å². The maximum Gasteiger partial charge on any atom is 0.255 e. The molecule has 1 heterocycles. The molecule has 1 aliphatic heterocycles.